The number of nitrogens with one attached hydrogen (secondary N) is 1. The quantitative estimate of drug-likeness (QED) is 0.363. The maximum Gasteiger partial charge on any atom is 1.00 e. The van der Waals surface area contributed by atoms with Gasteiger partial charge in [0.05, 0.1) is 0 Å². The number of hydrogen-bond donors (Lipinski definition) is 1. The molecule has 1 N–H and O–H groups in total. The number of aromatic nitrogens is 2. The van der Waals surface area contributed by atoms with Crippen molar-refractivity contribution >= 4 is 23.5 Å². The van der Waals surface area contributed by atoms with Gasteiger partial charge in [-0.15, -0.1) is 0 Å². The summed E-state index contributed by atoms with van der Waals surface area (Å²) in [4.78, 5) is 24.1. The first-order chi connectivity index (χ1) is 10.2. The van der Waals surface area contributed by atoms with E-state index >= 15 is 0 Å². The molecule has 2 fully saturated rings. The van der Waals surface area contributed by atoms with Crippen molar-refractivity contribution in [3.8, 4) is 0 Å². The Hall–Kier alpha value is 0.752. The van der Waals surface area contributed by atoms with Crippen LogP contribution in [0.2, 0.25) is 0 Å². The summed E-state index contributed by atoms with van der Waals surface area (Å²) in [6, 6.07) is 0.458. The summed E-state index contributed by atoms with van der Waals surface area (Å²) < 4.78 is 0. The molecule has 2 aliphatic heterocycles. The third-order valence-electron chi connectivity index (χ3n) is 5.11. The third-order valence-corrected chi connectivity index (χ3v) is 5.67. The monoisotopic (exact) mass is 452 g/mol. The standard InChI is InChI=1S/C15H20N4OS.CH3.Cs/c1-21-14-17-9-10-8-15(6-7-16-13(15)20)19(12(10)18-14)11-4-2-3-5-11;;/h9,11H,2-8H2,1H3,(H,16,20);1H3;/q;-1;+1. The molecule has 1 aromatic rings. The molecule has 1 atom stereocenters. The van der Waals surface area contributed by atoms with Crippen molar-refractivity contribution in [2.75, 3.05) is 17.7 Å². The molecular formula is C16H23CsN4OS. The van der Waals surface area contributed by atoms with Gasteiger partial charge in [0.15, 0.2) is 5.16 Å². The number of rotatable bonds is 2. The number of carbonyl (C=O) groups excluding carboxylic acids is 1. The number of amides is 1. The number of carbonyl (C=O) groups is 1. The van der Waals surface area contributed by atoms with Crippen LogP contribution in [0.1, 0.15) is 37.7 Å². The van der Waals surface area contributed by atoms with Crippen LogP contribution in [0, 0.1) is 7.43 Å². The van der Waals surface area contributed by atoms with Crippen LogP contribution in [0.25, 0.3) is 0 Å². The van der Waals surface area contributed by atoms with Gasteiger partial charge in [-0.3, -0.25) is 4.79 Å². The van der Waals surface area contributed by atoms with Crippen LogP contribution in [0.4, 0.5) is 5.82 Å². The SMILES string of the molecule is CSc1ncc2c(n1)N(C1CCCC1)C1(CCNC1=O)C2.[CH3-].[Cs+]. The fraction of sp³-hybridized carbons (Fsp3) is 0.625. The number of nitrogens with zero attached hydrogens (tertiary/aromatic N) is 3. The van der Waals surface area contributed by atoms with Crippen molar-refractivity contribution < 1.29 is 73.7 Å². The van der Waals surface area contributed by atoms with Crippen molar-refractivity contribution in [2.45, 2.75) is 55.3 Å². The molecular weight excluding hydrogens is 429 g/mol. The Kier molecular flexibility index (Phi) is 6.95. The van der Waals surface area contributed by atoms with E-state index in [9.17, 15) is 4.79 Å². The molecule has 0 aromatic carbocycles. The second kappa shape index (κ2) is 7.97. The molecule has 1 unspecified atom stereocenters. The first-order valence-electron chi connectivity index (χ1n) is 7.72. The summed E-state index contributed by atoms with van der Waals surface area (Å²) in [7, 11) is 0. The van der Waals surface area contributed by atoms with E-state index in [4.69, 9.17) is 4.98 Å². The smallest absolute Gasteiger partial charge is 0.358 e. The van der Waals surface area contributed by atoms with E-state index in [1.165, 1.54) is 25.7 Å². The molecule has 0 radical (unpaired) electrons. The molecule has 3 aliphatic rings. The third kappa shape index (κ3) is 3.27. The molecule has 1 saturated heterocycles. The molecule has 0 bridgehead atoms. The van der Waals surface area contributed by atoms with E-state index in [2.05, 4.69) is 15.2 Å². The van der Waals surface area contributed by atoms with E-state index in [1.54, 1.807) is 11.8 Å². The van der Waals surface area contributed by atoms with Crippen LogP contribution in [0.3, 0.4) is 0 Å². The van der Waals surface area contributed by atoms with Crippen LogP contribution >= 0.6 is 11.8 Å². The topological polar surface area (TPSA) is 58.1 Å². The van der Waals surface area contributed by atoms with E-state index < -0.39 is 5.54 Å². The normalized spacial score (nSPS) is 26.0. The van der Waals surface area contributed by atoms with Gasteiger partial charge in [0.25, 0.3) is 0 Å². The van der Waals surface area contributed by atoms with Crippen LogP contribution in [0.5, 0.6) is 0 Å². The van der Waals surface area contributed by atoms with E-state index in [0.29, 0.717) is 6.04 Å². The molecule has 1 spiro atoms. The summed E-state index contributed by atoms with van der Waals surface area (Å²) in [6.45, 7) is 0.777. The number of anilines is 1. The van der Waals surface area contributed by atoms with Crippen molar-refractivity contribution in [2.24, 2.45) is 0 Å². The zero-order valence-electron chi connectivity index (χ0n) is 14.3. The molecule has 1 aliphatic carbocycles. The minimum atomic E-state index is -0.400. The Morgan fingerprint density at radius 1 is 1.39 bits per heavy atom. The fourth-order valence-electron chi connectivity index (χ4n) is 4.16. The second-order valence-corrected chi connectivity index (χ2v) is 7.00. The van der Waals surface area contributed by atoms with Gasteiger partial charge in [-0.1, -0.05) is 24.6 Å². The molecule has 5 nitrogen and oxygen atoms in total. The summed E-state index contributed by atoms with van der Waals surface area (Å²) in [5.41, 5.74) is 0.736. The molecule has 1 amide bonds. The number of hydrogen-bond acceptors (Lipinski definition) is 5. The van der Waals surface area contributed by atoms with Gasteiger partial charge in [-0.25, -0.2) is 9.97 Å². The molecule has 7 heteroatoms. The van der Waals surface area contributed by atoms with E-state index in [-0.39, 0.29) is 82.2 Å². The number of thioether (sulfide) groups is 1. The van der Waals surface area contributed by atoms with Crippen molar-refractivity contribution in [3.05, 3.63) is 19.2 Å². The van der Waals surface area contributed by atoms with Gasteiger partial charge in [-0.2, -0.15) is 0 Å². The first-order valence-corrected chi connectivity index (χ1v) is 8.95. The molecule has 1 aromatic heterocycles. The van der Waals surface area contributed by atoms with Crippen LogP contribution < -0.4 is 79.1 Å². The summed E-state index contributed by atoms with van der Waals surface area (Å²) in [5.74, 6) is 1.19. The summed E-state index contributed by atoms with van der Waals surface area (Å²) >= 11 is 1.56. The van der Waals surface area contributed by atoms with Gasteiger partial charge in [0.1, 0.15) is 11.4 Å². The van der Waals surface area contributed by atoms with Crippen molar-refractivity contribution in [1.82, 2.24) is 15.3 Å². The molecule has 4 rings (SSSR count). The average Bonchev–Trinajstić information content (AvgIpc) is 3.19. The Morgan fingerprint density at radius 2 is 2.13 bits per heavy atom. The molecule has 120 valence electrons. The Labute approximate surface area is 201 Å². The Bertz CT molecular complexity index is 593. The van der Waals surface area contributed by atoms with Crippen molar-refractivity contribution in [1.29, 1.82) is 0 Å². The van der Waals surface area contributed by atoms with Crippen LogP contribution in [-0.2, 0) is 11.2 Å². The summed E-state index contributed by atoms with van der Waals surface area (Å²) in [6.07, 6.45) is 10.4. The largest absolute Gasteiger partial charge is 1.00 e. The van der Waals surface area contributed by atoms with Gasteiger partial charge in [0, 0.05) is 30.8 Å². The van der Waals surface area contributed by atoms with Crippen molar-refractivity contribution in [3.63, 3.8) is 0 Å². The van der Waals surface area contributed by atoms with Gasteiger partial charge in [-0.05, 0) is 25.5 Å². The van der Waals surface area contributed by atoms with Crippen LogP contribution in [-0.4, -0.2) is 40.3 Å². The van der Waals surface area contributed by atoms with Gasteiger partial charge < -0.3 is 17.6 Å². The summed E-state index contributed by atoms with van der Waals surface area (Å²) in [5, 5.41) is 3.83. The minimum absolute atomic E-state index is 0. The first kappa shape index (κ1) is 20.1. The van der Waals surface area contributed by atoms with E-state index in [1.807, 2.05) is 12.5 Å². The van der Waals surface area contributed by atoms with Gasteiger partial charge in [0.2, 0.25) is 5.91 Å². The fourth-order valence-corrected chi connectivity index (χ4v) is 4.50. The van der Waals surface area contributed by atoms with Gasteiger partial charge >= 0.3 is 68.9 Å². The second-order valence-electron chi connectivity index (χ2n) is 6.23. The maximum absolute atomic E-state index is 12.6. The minimum Gasteiger partial charge on any atom is -0.358 e. The Balaban J connectivity index is 0.000000960. The predicted octanol–water partition coefficient (Wildman–Crippen LogP) is -0.783. The maximum atomic E-state index is 12.6. The van der Waals surface area contributed by atoms with Crippen LogP contribution in [0.15, 0.2) is 11.4 Å². The average molecular weight is 452 g/mol. The predicted molar refractivity (Wildman–Crippen MR) is 89.0 cm³/mol. The molecule has 1 saturated carbocycles. The Morgan fingerprint density at radius 3 is 2.74 bits per heavy atom. The molecule has 3 heterocycles. The molecule has 23 heavy (non-hydrogen) atoms. The zero-order valence-corrected chi connectivity index (χ0v) is 21.4. The van der Waals surface area contributed by atoms with E-state index in [0.717, 1.165) is 35.9 Å². The number of fused-ring (bicyclic) bond motifs is 1. The zero-order chi connectivity index (χ0) is 14.4.